The average molecular weight is 290 g/mol. The summed E-state index contributed by atoms with van der Waals surface area (Å²) < 4.78 is 51.7. The molecule has 1 aromatic rings. The Morgan fingerprint density at radius 3 is 2.45 bits per heavy atom. The number of nitrogens with zero attached hydrogens (tertiary/aromatic N) is 1. The van der Waals surface area contributed by atoms with Gasteiger partial charge in [-0.1, -0.05) is 6.07 Å². The van der Waals surface area contributed by atoms with Crippen LogP contribution >= 0.6 is 0 Å². The predicted octanol–water partition coefficient (Wildman–Crippen LogP) is 3.03. The predicted molar refractivity (Wildman–Crippen MR) is 68.8 cm³/mol. The molecule has 1 N–H and O–H groups in total. The first-order chi connectivity index (χ1) is 9.40. The van der Waals surface area contributed by atoms with Gasteiger partial charge in [0.2, 0.25) is 0 Å². The summed E-state index contributed by atoms with van der Waals surface area (Å²) in [6, 6.07) is 3.34. The minimum absolute atomic E-state index is 0.141. The van der Waals surface area contributed by atoms with Crippen LogP contribution in [0.15, 0.2) is 18.2 Å². The lowest BCUT2D eigenvalue weighted by Crippen LogP contribution is -2.41. The molecule has 0 bridgehead atoms. The van der Waals surface area contributed by atoms with Crippen molar-refractivity contribution in [2.24, 2.45) is 0 Å². The van der Waals surface area contributed by atoms with Gasteiger partial charge in [0.25, 0.3) is 0 Å². The molecule has 1 aliphatic heterocycles. The number of nitrogens with one attached hydrogen (secondary N) is 1. The summed E-state index contributed by atoms with van der Waals surface area (Å²) in [5, 5.41) is 3.18. The van der Waals surface area contributed by atoms with E-state index in [9.17, 15) is 17.6 Å². The van der Waals surface area contributed by atoms with Crippen molar-refractivity contribution in [3.63, 3.8) is 0 Å². The zero-order valence-electron chi connectivity index (χ0n) is 11.3. The molecule has 6 heteroatoms. The summed E-state index contributed by atoms with van der Waals surface area (Å²) >= 11 is 0. The van der Waals surface area contributed by atoms with Gasteiger partial charge in [0.05, 0.1) is 5.56 Å². The Labute approximate surface area is 115 Å². The molecule has 0 saturated carbocycles. The Balaban J connectivity index is 2.10. The summed E-state index contributed by atoms with van der Waals surface area (Å²) in [5.74, 6) is -0.852. The van der Waals surface area contributed by atoms with Crippen LogP contribution in [-0.2, 0) is 12.7 Å². The van der Waals surface area contributed by atoms with Crippen molar-refractivity contribution >= 4 is 0 Å². The van der Waals surface area contributed by atoms with Gasteiger partial charge in [-0.15, -0.1) is 0 Å². The Bertz CT molecular complexity index is 451. The van der Waals surface area contributed by atoms with Crippen LogP contribution in [0.4, 0.5) is 17.6 Å². The van der Waals surface area contributed by atoms with Crippen LogP contribution in [0.2, 0.25) is 0 Å². The first-order valence-electron chi connectivity index (χ1n) is 6.65. The van der Waals surface area contributed by atoms with E-state index in [1.165, 1.54) is 6.07 Å². The number of benzene rings is 1. The quantitative estimate of drug-likeness (QED) is 0.861. The molecular formula is C14H18F4N2. The van der Waals surface area contributed by atoms with Crippen LogP contribution in [-0.4, -0.2) is 31.1 Å². The maximum Gasteiger partial charge on any atom is 0.416 e. The molecule has 0 unspecified atom stereocenters. The summed E-state index contributed by atoms with van der Waals surface area (Å²) in [5.41, 5.74) is -0.727. The number of hydrogen-bond donors (Lipinski definition) is 1. The van der Waals surface area contributed by atoms with Gasteiger partial charge in [0, 0.05) is 12.6 Å². The second-order valence-electron chi connectivity index (χ2n) is 5.14. The second kappa shape index (κ2) is 6.10. The van der Waals surface area contributed by atoms with Gasteiger partial charge >= 0.3 is 6.18 Å². The third-order valence-electron chi connectivity index (χ3n) is 3.77. The molecule has 0 radical (unpaired) electrons. The maximum atomic E-state index is 13.0. The van der Waals surface area contributed by atoms with Gasteiger partial charge < -0.3 is 5.32 Å². The standard InChI is InChI=1S/C14H18F4N2/c1-19-12-4-6-20(7-5-12)9-10-2-3-11(15)8-13(10)14(16,17)18/h2-3,8,12,19H,4-7,9H2,1H3. The van der Waals surface area contributed by atoms with E-state index in [-0.39, 0.29) is 12.1 Å². The molecule has 2 rings (SSSR count). The minimum atomic E-state index is -4.51. The molecule has 112 valence electrons. The zero-order chi connectivity index (χ0) is 14.8. The zero-order valence-corrected chi connectivity index (χ0v) is 11.3. The van der Waals surface area contributed by atoms with E-state index in [0.717, 1.165) is 32.0 Å². The van der Waals surface area contributed by atoms with Crippen molar-refractivity contribution in [3.8, 4) is 0 Å². The van der Waals surface area contributed by atoms with E-state index in [0.29, 0.717) is 12.1 Å². The third-order valence-corrected chi connectivity index (χ3v) is 3.77. The van der Waals surface area contributed by atoms with Crippen LogP contribution in [0.25, 0.3) is 0 Å². The van der Waals surface area contributed by atoms with E-state index < -0.39 is 17.6 Å². The van der Waals surface area contributed by atoms with Gasteiger partial charge in [-0.25, -0.2) is 4.39 Å². The lowest BCUT2D eigenvalue weighted by atomic mass is 10.0. The molecule has 0 spiro atoms. The fourth-order valence-electron chi connectivity index (χ4n) is 2.57. The number of hydrogen-bond acceptors (Lipinski definition) is 2. The fraction of sp³-hybridized carbons (Fsp3) is 0.571. The Morgan fingerprint density at radius 2 is 1.90 bits per heavy atom. The van der Waals surface area contributed by atoms with Gasteiger partial charge in [-0.05, 0) is 50.7 Å². The molecule has 2 nitrogen and oxygen atoms in total. The van der Waals surface area contributed by atoms with Crippen LogP contribution in [0, 0.1) is 5.82 Å². The third kappa shape index (κ3) is 3.70. The molecule has 0 atom stereocenters. The largest absolute Gasteiger partial charge is 0.416 e. The summed E-state index contributed by atoms with van der Waals surface area (Å²) in [6.07, 6.45) is -2.68. The SMILES string of the molecule is CNC1CCN(Cc2ccc(F)cc2C(F)(F)F)CC1. The van der Waals surface area contributed by atoms with Crippen molar-refractivity contribution in [3.05, 3.63) is 35.1 Å². The Kier molecular flexibility index (Phi) is 4.65. The molecular weight excluding hydrogens is 272 g/mol. The number of halogens is 4. The fourth-order valence-corrected chi connectivity index (χ4v) is 2.57. The smallest absolute Gasteiger partial charge is 0.317 e. The van der Waals surface area contributed by atoms with Crippen molar-refractivity contribution < 1.29 is 17.6 Å². The summed E-state index contributed by atoms with van der Waals surface area (Å²) in [4.78, 5) is 1.98. The minimum Gasteiger partial charge on any atom is -0.317 e. The van der Waals surface area contributed by atoms with Crippen molar-refractivity contribution in [2.75, 3.05) is 20.1 Å². The Hall–Kier alpha value is -1.14. The topological polar surface area (TPSA) is 15.3 Å². The van der Waals surface area contributed by atoms with Crippen molar-refractivity contribution in [1.29, 1.82) is 0 Å². The first-order valence-corrected chi connectivity index (χ1v) is 6.65. The van der Waals surface area contributed by atoms with Gasteiger partial charge in [-0.2, -0.15) is 13.2 Å². The maximum absolute atomic E-state index is 13.0. The van der Waals surface area contributed by atoms with E-state index in [1.54, 1.807) is 0 Å². The normalized spacial score (nSPS) is 18.4. The van der Waals surface area contributed by atoms with Gasteiger partial charge in [-0.3, -0.25) is 4.90 Å². The molecule has 1 heterocycles. The summed E-state index contributed by atoms with van der Waals surface area (Å²) in [6.45, 7) is 1.71. The molecule has 1 aliphatic rings. The van der Waals surface area contributed by atoms with Crippen molar-refractivity contribution in [2.45, 2.75) is 31.6 Å². The molecule has 20 heavy (non-hydrogen) atoms. The highest BCUT2D eigenvalue weighted by atomic mass is 19.4. The number of piperidine rings is 1. The molecule has 0 amide bonds. The molecule has 1 saturated heterocycles. The first kappa shape index (κ1) is 15.3. The molecule has 1 aromatic carbocycles. The van der Waals surface area contributed by atoms with Crippen LogP contribution in [0.1, 0.15) is 24.0 Å². The number of rotatable bonds is 3. The lowest BCUT2D eigenvalue weighted by Gasteiger charge is -2.32. The van der Waals surface area contributed by atoms with Crippen LogP contribution in [0.5, 0.6) is 0 Å². The summed E-state index contributed by atoms with van der Waals surface area (Å²) in [7, 11) is 1.89. The monoisotopic (exact) mass is 290 g/mol. The molecule has 1 fully saturated rings. The van der Waals surface area contributed by atoms with E-state index in [2.05, 4.69) is 5.32 Å². The molecule has 0 aromatic heterocycles. The van der Waals surface area contributed by atoms with Crippen LogP contribution in [0.3, 0.4) is 0 Å². The van der Waals surface area contributed by atoms with Crippen LogP contribution < -0.4 is 5.32 Å². The highest BCUT2D eigenvalue weighted by Crippen LogP contribution is 2.33. The van der Waals surface area contributed by atoms with Gasteiger partial charge in [0.1, 0.15) is 5.82 Å². The van der Waals surface area contributed by atoms with E-state index in [1.807, 2.05) is 11.9 Å². The molecule has 0 aliphatic carbocycles. The highest BCUT2D eigenvalue weighted by Gasteiger charge is 2.34. The van der Waals surface area contributed by atoms with Gasteiger partial charge in [0.15, 0.2) is 0 Å². The number of alkyl halides is 3. The average Bonchev–Trinajstić information content (AvgIpc) is 2.40. The number of likely N-dealkylation sites (tertiary alicyclic amines) is 1. The van der Waals surface area contributed by atoms with E-state index in [4.69, 9.17) is 0 Å². The van der Waals surface area contributed by atoms with Crippen molar-refractivity contribution in [1.82, 2.24) is 10.2 Å². The van der Waals surface area contributed by atoms with E-state index >= 15 is 0 Å². The Morgan fingerprint density at radius 1 is 1.25 bits per heavy atom. The second-order valence-corrected chi connectivity index (χ2v) is 5.14. The lowest BCUT2D eigenvalue weighted by molar-refractivity contribution is -0.138. The highest BCUT2D eigenvalue weighted by molar-refractivity contribution is 5.30.